The van der Waals surface area contributed by atoms with Crippen LogP contribution in [0.2, 0.25) is 0 Å². The van der Waals surface area contributed by atoms with E-state index in [9.17, 15) is 0 Å². The van der Waals surface area contributed by atoms with Gasteiger partial charge in [0.05, 0.1) is 16.7 Å². The molecule has 2 heterocycles. The zero-order valence-corrected chi connectivity index (χ0v) is 14.2. The van der Waals surface area contributed by atoms with Crippen LogP contribution in [0.3, 0.4) is 0 Å². The van der Waals surface area contributed by atoms with Gasteiger partial charge in [0, 0.05) is 10.8 Å². The van der Waals surface area contributed by atoms with Crippen LogP contribution in [-0.2, 0) is 6.42 Å². The fourth-order valence-corrected chi connectivity index (χ4v) is 3.80. The van der Waals surface area contributed by atoms with Gasteiger partial charge in [-0.1, -0.05) is 73.7 Å². The molecule has 0 aliphatic rings. The number of benzene rings is 3. The molecule has 0 N–H and O–H groups in total. The molecule has 25 heavy (non-hydrogen) atoms. The fraction of sp³-hybridized carbons (Fsp3) is 0.0833. The SMILES string of the molecule is CCc1ccc(-c2cc3ccccc3c3cc4ccccc4n23)cc1. The van der Waals surface area contributed by atoms with Crippen LogP contribution in [0.1, 0.15) is 12.5 Å². The molecular weight excluding hydrogens is 302 g/mol. The maximum absolute atomic E-state index is 2.40. The number of nitrogens with zero attached hydrogens (tertiary/aromatic N) is 1. The number of rotatable bonds is 2. The van der Waals surface area contributed by atoms with E-state index in [0.29, 0.717) is 0 Å². The zero-order chi connectivity index (χ0) is 16.8. The van der Waals surface area contributed by atoms with Crippen LogP contribution in [0.4, 0.5) is 0 Å². The minimum absolute atomic E-state index is 1.07. The third kappa shape index (κ3) is 2.16. The van der Waals surface area contributed by atoms with Gasteiger partial charge >= 0.3 is 0 Å². The third-order valence-electron chi connectivity index (χ3n) is 5.14. The van der Waals surface area contributed by atoms with Gasteiger partial charge in [-0.15, -0.1) is 0 Å². The lowest BCUT2D eigenvalue weighted by atomic mass is 10.0. The Balaban J connectivity index is 1.95. The Kier molecular flexibility index (Phi) is 3.14. The molecule has 0 spiro atoms. The van der Waals surface area contributed by atoms with E-state index < -0.39 is 0 Å². The Hall–Kier alpha value is -3.06. The van der Waals surface area contributed by atoms with Crippen LogP contribution in [0.25, 0.3) is 38.4 Å². The first-order valence-corrected chi connectivity index (χ1v) is 8.86. The molecule has 0 aliphatic heterocycles. The molecule has 0 unspecified atom stereocenters. The summed E-state index contributed by atoms with van der Waals surface area (Å²) in [5.74, 6) is 0. The van der Waals surface area contributed by atoms with Crippen LogP contribution in [0.15, 0.2) is 84.9 Å². The summed E-state index contributed by atoms with van der Waals surface area (Å²) < 4.78 is 2.40. The predicted octanol–water partition coefficient (Wildman–Crippen LogP) is 6.48. The summed E-state index contributed by atoms with van der Waals surface area (Å²) in [7, 11) is 0. The van der Waals surface area contributed by atoms with Crippen molar-refractivity contribution in [1.82, 2.24) is 4.40 Å². The number of hydrogen-bond acceptors (Lipinski definition) is 0. The van der Waals surface area contributed by atoms with E-state index in [1.807, 2.05) is 0 Å². The first-order valence-electron chi connectivity index (χ1n) is 8.86. The Labute approximate surface area is 147 Å². The van der Waals surface area contributed by atoms with Crippen molar-refractivity contribution in [2.24, 2.45) is 0 Å². The molecule has 0 amide bonds. The molecule has 5 rings (SSSR count). The van der Waals surface area contributed by atoms with Crippen molar-refractivity contribution < 1.29 is 0 Å². The zero-order valence-electron chi connectivity index (χ0n) is 14.2. The van der Waals surface area contributed by atoms with E-state index in [0.717, 1.165) is 6.42 Å². The van der Waals surface area contributed by atoms with Crippen LogP contribution >= 0.6 is 0 Å². The molecule has 5 aromatic rings. The third-order valence-corrected chi connectivity index (χ3v) is 5.14. The summed E-state index contributed by atoms with van der Waals surface area (Å²) in [4.78, 5) is 0. The number of aryl methyl sites for hydroxylation is 1. The minimum Gasteiger partial charge on any atom is -0.309 e. The van der Waals surface area contributed by atoms with Crippen molar-refractivity contribution in [3.63, 3.8) is 0 Å². The Morgan fingerprint density at radius 3 is 2.20 bits per heavy atom. The smallest absolute Gasteiger partial charge is 0.0547 e. The van der Waals surface area contributed by atoms with Gasteiger partial charge in [-0.05, 0) is 41.1 Å². The number of hydrogen-bond donors (Lipinski definition) is 0. The molecule has 1 nitrogen and oxygen atoms in total. The molecule has 0 aliphatic carbocycles. The lowest BCUT2D eigenvalue weighted by molar-refractivity contribution is 1.14. The Morgan fingerprint density at radius 2 is 1.40 bits per heavy atom. The van der Waals surface area contributed by atoms with Gasteiger partial charge in [-0.3, -0.25) is 0 Å². The molecule has 0 radical (unpaired) electrons. The predicted molar refractivity (Wildman–Crippen MR) is 107 cm³/mol. The summed E-state index contributed by atoms with van der Waals surface area (Å²) in [6, 6.07) is 30.9. The van der Waals surface area contributed by atoms with Gasteiger partial charge in [0.25, 0.3) is 0 Å². The molecule has 0 saturated heterocycles. The Morgan fingerprint density at radius 1 is 0.680 bits per heavy atom. The molecular formula is C24H19N. The molecule has 0 atom stereocenters. The number of aromatic nitrogens is 1. The van der Waals surface area contributed by atoms with Crippen molar-refractivity contribution >= 4 is 27.2 Å². The van der Waals surface area contributed by atoms with Crippen molar-refractivity contribution in [2.45, 2.75) is 13.3 Å². The second-order valence-corrected chi connectivity index (χ2v) is 6.59. The Bertz CT molecular complexity index is 1210. The molecule has 0 saturated carbocycles. The average molecular weight is 321 g/mol. The van der Waals surface area contributed by atoms with E-state index in [1.165, 1.54) is 44.0 Å². The van der Waals surface area contributed by atoms with Crippen LogP contribution in [-0.4, -0.2) is 4.40 Å². The van der Waals surface area contributed by atoms with Crippen LogP contribution in [0, 0.1) is 0 Å². The summed E-state index contributed by atoms with van der Waals surface area (Å²) in [5.41, 5.74) is 6.41. The summed E-state index contributed by atoms with van der Waals surface area (Å²) in [5, 5.41) is 3.87. The number of pyridine rings is 1. The van der Waals surface area contributed by atoms with Gasteiger partial charge in [-0.25, -0.2) is 0 Å². The van der Waals surface area contributed by atoms with E-state index >= 15 is 0 Å². The van der Waals surface area contributed by atoms with Crippen LogP contribution < -0.4 is 0 Å². The molecule has 0 fully saturated rings. The van der Waals surface area contributed by atoms with Crippen molar-refractivity contribution in [2.75, 3.05) is 0 Å². The second kappa shape index (κ2) is 5.49. The molecule has 3 aromatic carbocycles. The molecule has 120 valence electrons. The summed E-state index contributed by atoms with van der Waals surface area (Å²) in [6.45, 7) is 2.20. The lowest BCUT2D eigenvalue weighted by Crippen LogP contribution is -1.93. The first-order chi connectivity index (χ1) is 12.3. The summed E-state index contributed by atoms with van der Waals surface area (Å²) in [6.07, 6.45) is 1.07. The number of para-hydroxylation sites is 1. The maximum atomic E-state index is 2.40. The first kappa shape index (κ1) is 14.3. The highest BCUT2D eigenvalue weighted by Gasteiger charge is 2.12. The highest BCUT2D eigenvalue weighted by atomic mass is 14.9. The molecule has 0 bridgehead atoms. The quantitative estimate of drug-likeness (QED) is 0.351. The van der Waals surface area contributed by atoms with Crippen LogP contribution in [0.5, 0.6) is 0 Å². The van der Waals surface area contributed by atoms with E-state index in [4.69, 9.17) is 0 Å². The van der Waals surface area contributed by atoms with Crippen molar-refractivity contribution in [3.05, 3.63) is 90.5 Å². The van der Waals surface area contributed by atoms with Gasteiger partial charge in [0.2, 0.25) is 0 Å². The molecule has 1 heteroatoms. The van der Waals surface area contributed by atoms with E-state index in [1.54, 1.807) is 0 Å². The van der Waals surface area contributed by atoms with Gasteiger partial charge in [0.15, 0.2) is 0 Å². The van der Waals surface area contributed by atoms with E-state index in [-0.39, 0.29) is 0 Å². The lowest BCUT2D eigenvalue weighted by Gasteiger charge is -2.12. The van der Waals surface area contributed by atoms with Gasteiger partial charge in [-0.2, -0.15) is 0 Å². The van der Waals surface area contributed by atoms with Gasteiger partial charge in [0.1, 0.15) is 0 Å². The maximum Gasteiger partial charge on any atom is 0.0547 e. The monoisotopic (exact) mass is 321 g/mol. The average Bonchev–Trinajstić information content (AvgIpc) is 3.07. The summed E-state index contributed by atoms with van der Waals surface area (Å²) >= 11 is 0. The van der Waals surface area contributed by atoms with Crippen molar-refractivity contribution in [3.8, 4) is 11.3 Å². The normalized spacial score (nSPS) is 11.6. The minimum atomic E-state index is 1.07. The topological polar surface area (TPSA) is 4.41 Å². The van der Waals surface area contributed by atoms with E-state index in [2.05, 4.69) is 96.3 Å². The molecule has 2 aromatic heterocycles. The van der Waals surface area contributed by atoms with Crippen molar-refractivity contribution in [1.29, 1.82) is 0 Å². The van der Waals surface area contributed by atoms with Gasteiger partial charge < -0.3 is 4.40 Å². The largest absolute Gasteiger partial charge is 0.309 e. The highest BCUT2D eigenvalue weighted by Crippen LogP contribution is 2.33. The highest BCUT2D eigenvalue weighted by molar-refractivity contribution is 6.04. The second-order valence-electron chi connectivity index (χ2n) is 6.59. The fourth-order valence-electron chi connectivity index (χ4n) is 3.80. The number of fused-ring (bicyclic) bond motifs is 5. The standard InChI is InChI=1S/C24H19N/c1-2-17-11-13-18(14-12-17)23-15-19-7-3-5-9-21(19)24-16-20-8-4-6-10-22(20)25(23)24/h3-16H,2H2,1H3.